The van der Waals surface area contributed by atoms with Gasteiger partial charge in [0.2, 0.25) is 0 Å². The average Bonchev–Trinajstić information content (AvgIpc) is 3.14. The van der Waals surface area contributed by atoms with Gasteiger partial charge >= 0.3 is 0 Å². The van der Waals surface area contributed by atoms with Gasteiger partial charge in [-0.3, -0.25) is 9.80 Å². The summed E-state index contributed by atoms with van der Waals surface area (Å²) < 4.78 is 1.19. The summed E-state index contributed by atoms with van der Waals surface area (Å²) in [4.78, 5) is 5.23. The molecule has 92 valence electrons. The highest BCUT2D eigenvalue weighted by atomic mass is 79.9. The van der Waals surface area contributed by atoms with Crippen molar-refractivity contribution in [1.29, 1.82) is 0 Å². The molecule has 17 heavy (non-hydrogen) atoms. The van der Waals surface area contributed by atoms with Crippen LogP contribution in [0.5, 0.6) is 0 Å². The van der Waals surface area contributed by atoms with Crippen molar-refractivity contribution in [3.63, 3.8) is 0 Å². The van der Waals surface area contributed by atoms with Gasteiger partial charge in [0.1, 0.15) is 0 Å². The molecule has 0 spiro atoms. The van der Waals surface area contributed by atoms with Gasteiger partial charge in [-0.25, -0.2) is 0 Å². The minimum atomic E-state index is 0.933. The molecular weight excluding hydrogens is 276 g/mol. The summed E-state index contributed by atoms with van der Waals surface area (Å²) in [6.45, 7) is 6.07. The van der Waals surface area contributed by atoms with E-state index in [1.807, 2.05) is 0 Å². The Hall–Kier alpha value is -0.380. The molecule has 3 heteroatoms. The third-order valence-corrected chi connectivity index (χ3v) is 4.26. The molecule has 0 amide bonds. The zero-order valence-electron chi connectivity index (χ0n) is 10.1. The fraction of sp³-hybridized carbons (Fsp3) is 0.571. The second-order valence-corrected chi connectivity index (χ2v) is 6.09. The monoisotopic (exact) mass is 294 g/mol. The highest BCUT2D eigenvalue weighted by Gasteiger charge is 2.30. The third kappa shape index (κ3) is 3.09. The number of hydrogen-bond donors (Lipinski definition) is 0. The molecule has 2 fully saturated rings. The Labute approximate surface area is 112 Å². The molecule has 1 aliphatic carbocycles. The van der Waals surface area contributed by atoms with E-state index in [1.54, 1.807) is 0 Å². The molecule has 2 aliphatic rings. The van der Waals surface area contributed by atoms with Crippen LogP contribution in [0.3, 0.4) is 0 Å². The number of hydrogen-bond acceptors (Lipinski definition) is 2. The molecular formula is C14H19BrN2. The lowest BCUT2D eigenvalue weighted by Crippen LogP contribution is -2.46. The SMILES string of the molecule is Brc1cccc(CN2CCN(C3CC3)CC2)c1. The van der Waals surface area contributed by atoms with E-state index in [-0.39, 0.29) is 0 Å². The highest BCUT2D eigenvalue weighted by Crippen LogP contribution is 2.27. The summed E-state index contributed by atoms with van der Waals surface area (Å²) >= 11 is 3.54. The minimum Gasteiger partial charge on any atom is -0.298 e. The molecule has 1 aromatic rings. The van der Waals surface area contributed by atoms with Gasteiger partial charge in [-0.2, -0.15) is 0 Å². The molecule has 1 aromatic carbocycles. The summed E-state index contributed by atoms with van der Waals surface area (Å²) in [7, 11) is 0. The zero-order valence-corrected chi connectivity index (χ0v) is 11.7. The molecule has 3 rings (SSSR count). The maximum atomic E-state index is 3.54. The van der Waals surface area contributed by atoms with Crippen molar-refractivity contribution in [3.8, 4) is 0 Å². The summed E-state index contributed by atoms with van der Waals surface area (Å²) in [5, 5.41) is 0. The van der Waals surface area contributed by atoms with Crippen LogP contribution in [0.15, 0.2) is 28.7 Å². The number of nitrogens with zero attached hydrogens (tertiary/aromatic N) is 2. The van der Waals surface area contributed by atoms with Crippen LogP contribution in [0.25, 0.3) is 0 Å². The summed E-state index contributed by atoms with van der Waals surface area (Å²) in [5.74, 6) is 0. The number of rotatable bonds is 3. The van der Waals surface area contributed by atoms with Gasteiger partial charge in [-0.1, -0.05) is 28.1 Å². The number of benzene rings is 1. The van der Waals surface area contributed by atoms with Crippen molar-refractivity contribution in [2.75, 3.05) is 26.2 Å². The van der Waals surface area contributed by atoms with Crippen molar-refractivity contribution in [3.05, 3.63) is 34.3 Å². The van der Waals surface area contributed by atoms with Crippen molar-refractivity contribution >= 4 is 15.9 Å². The Morgan fingerprint density at radius 1 is 1.12 bits per heavy atom. The summed E-state index contributed by atoms with van der Waals surface area (Å²) in [6.07, 6.45) is 2.87. The Morgan fingerprint density at radius 2 is 1.88 bits per heavy atom. The van der Waals surface area contributed by atoms with E-state index in [2.05, 4.69) is 50.0 Å². The van der Waals surface area contributed by atoms with Crippen LogP contribution in [0, 0.1) is 0 Å². The van der Waals surface area contributed by atoms with E-state index in [9.17, 15) is 0 Å². The largest absolute Gasteiger partial charge is 0.298 e. The maximum absolute atomic E-state index is 3.54. The van der Waals surface area contributed by atoms with Gasteiger partial charge in [0.25, 0.3) is 0 Å². The van der Waals surface area contributed by atoms with Gasteiger partial charge < -0.3 is 0 Å². The average molecular weight is 295 g/mol. The van der Waals surface area contributed by atoms with Crippen LogP contribution in [-0.2, 0) is 6.54 Å². The molecule has 0 N–H and O–H groups in total. The molecule has 1 heterocycles. The van der Waals surface area contributed by atoms with Crippen LogP contribution in [-0.4, -0.2) is 42.0 Å². The van der Waals surface area contributed by atoms with Crippen molar-refractivity contribution in [2.45, 2.75) is 25.4 Å². The Kier molecular flexibility index (Phi) is 3.50. The van der Waals surface area contributed by atoms with Crippen LogP contribution in [0.2, 0.25) is 0 Å². The highest BCUT2D eigenvalue weighted by molar-refractivity contribution is 9.10. The first kappa shape index (κ1) is 11.7. The fourth-order valence-electron chi connectivity index (χ4n) is 2.62. The second-order valence-electron chi connectivity index (χ2n) is 5.17. The van der Waals surface area contributed by atoms with Crippen molar-refractivity contribution in [2.24, 2.45) is 0 Å². The van der Waals surface area contributed by atoms with E-state index in [4.69, 9.17) is 0 Å². The van der Waals surface area contributed by atoms with Crippen LogP contribution in [0.1, 0.15) is 18.4 Å². The third-order valence-electron chi connectivity index (χ3n) is 3.77. The first-order valence-electron chi connectivity index (χ1n) is 6.52. The molecule has 0 bridgehead atoms. The Morgan fingerprint density at radius 3 is 2.53 bits per heavy atom. The van der Waals surface area contributed by atoms with E-state index >= 15 is 0 Å². The Bertz CT molecular complexity index is 382. The van der Waals surface area contributed by atoms with E-state index in [0.717, 1.165) is 12.6 Å². The maximum Gasteiger partial charge on any atom is 0.0235 e. The summed E-state index contributed by atoms with van der Waals surface area (Å²) in [6, 6.07) is 9.60. The molecule has 0 atom stereocenters. The quantitative estimate of drug-likeness (QED) is 0.846. The lowest BCUT2D eigenvalue weighted by Gasteiger charge is -2.34. The standard InChI is InChI=1S/C14H19BrN2/c15-13-3-1-2-12(10-13)11-16-6-8-17(9-7-16)14-4-5-14/h1-3,10,14H,4-9,11H2. The topological polar surface area (TPSA) is 6.48 Å². The van der Waals surface area contributed by atoms with Crippen LogP contribution in [0.4, 0.5) is 0 Å². The number of halogens is 1. The molecule has 0 radical (unpaired) electrons. The first-order valence-corrected chi connectivity index (χ1v) is 7.31. The smallest absolute Gasteiger partial charge is 0.0235 e. The van der Waals surface area contributed by atoms with Crippen molar-refractivity contribution < 1.29 is 0 Å². The molecule has 0 unspecified atom stereocenters. The number of piperazine rings is 1. The Balaban J connectivity index is 1.53. The van der Waals surface area contributed by atoms with Gasteiger partial charge in [0.15, 0.2) is 0 Å². The van der Waals surface area contributed by atoms with Gasteiger partial charge in [0.05, 0.1) is 0 Å². The fourth-order valence-corrected chi connectivity index (χ4v) is 3.07. The van der Waals surface area contributed by atoms with Crippen LogP contribution >= 0.6 is 15.9 Å². The molecule has 1 saturated heterocycles. The van der Waals surface area contributed by atoms with Gasteiger partial charge in [-0.15, -0.1) is 0 Å². The lowest BCUT2D eigenvalue weighted by atomic mass is 10.2. The second kappa shape index (κ2) is 5.09. The normalized spacial score (nSPS) is 22.9. The predicted octanol–water partition coefficient (Wildman–Crippen LogP) is 2.73. The van der Waals surface area contributed by atoms with E-state index < -0.39 is 0 Å². The zero-order chi connectivity index (χ0) is 11.7. The lowest BCUT2D eigenvalue weighted by molar-refractivity contribution is 0.121. The van der Waals surface area contributed by atoms with E-state index in [0.29, 0.717) is 0 Å². The molecule has 0 aromatic heterocycles. The van der Waals surface area contributed by atoms with Gasteiger partial charge in [-0.05, 0) is 30.5 Å². The molecule has 2 nitrogen and oxygen atoms in total. The van der Waals surface area contributed by atoms with Crippen molar-refractivity contribution in [1.82, 2.24) is 9.80 Å². The molecule has 1 aliphatic heterocycles. The molecule has 1 saturated carbocycles. The minimum absolute atomic E-state index is 0.933. The summed E-state index contributed by atoms with van der Waals surface area (Å²) in [5.41, 5.74) is 1.42. The van der Waals surface area contributed by atoms with E-state index in [1.165, 1.54) is 49.1 Å². The van der Waals surface area contributed by atoms with Crippen LogP contribution < -0.4 is 0 Å². The van der Waals surface area contributed by atoms with Gasteiger partial charge in [0, 0.05) is 43.2 Å². The first-order chi connectivity index (χ1) is 8.31. The predicted molar refractivity (Wildman–Crippen MR) is 74.0 cm³/mol.